The van der Waals surface area contributed by atoms with Crippen LogP contribution in [0.3, 0.4) is 0 Å². The van der Waals surface area contributed by atoms with Crippen LogP contribution in [0.4, 0.5) is 0 Å². The fourth-order valence-electron chi connectivity index (χ4n) is 3.03. The number of carbonyl (C=O) groups excluding carboxylic acids is 1. The fraction of sp³-hybridized carbons (Fsp3) is 0.250. The summed E-state index contributed by atoms with van der Waals surface area (Å²) in [4.78, 5) is 12.1. The number of benzene rings is 2. The third-order valence-electron chi connectivity index (χ3n) is 4.67. The molecule has 1 aromatic heterocycles. The Labute approximate surface area is 191 Å². The highest BCUT2D eigenvalue weighted by Crippen LogP contribution is 2.24. The van der Waals surface area contributed by atoms with Gasteiger partial charge in [-0.15, -0.1) is 0 Å². The molecule has 31 heavy (non-hydrogen) atoms. The van der Waals surface area contributed by atoms with Gasteiger partial charge in [0.1, 0.15) is 18.1 Å². The summed E-state index contributed by atoms with van der Waals surface area (Å²) >= 11 is 3.37. The number of nitrogens with one attached hydrogen (secondary N) is 1. The van der Waals surface area contributed by atoms with E-state index in [1.807, 2.05) is 60.3 Å². The zero-order chi connectivity index (χ0) is 22.1. The van der Waals surface area contributed by atoms with Crippen LogP contribution in [0.15, 0.2) is 65.4 Å². The van der Waals surface area contributed by atoms with Gasteiger partial charge in [0.15, 0.2) is 0 Å². The minimum Gasteiger partial charge on any atom is -0.496 e. The molecule has 2 aromatic carbocycles. The molecular formula is C24H26BrN3O3. The summed E-state index contributed by atoms with van der Waals surface area (Å²) in [7, 11) is 1.64. The number of para-hydroxylation sites is 1. The van der Waals surface area contributed by atoms with Gasteiger partial charge < -0.3 is 14.8 Å². The number of aromatic nitrogens is 2. The summed E-state index contributed by atoms with van der Waals surface area (Å²) < 4.78 is 14.2. The molecule has 0 aliphatic heterocycles. The summed E-state index contributed by atoms with van der Waals surface area (Å²) in [6, 6.07) is 13.7. The van der Waals surface area contributed by atoms with Crippen LogP contribution in [0.25, 0.3) is 6.08 Å². The highest BCUT2D eigenvalue weighted by atomic mass is 79.9. The largest absolute Gasteiger partial charge is 0.496 e. The lowest BCUT2D eigenvalue weighted by molar-refractivity contribution is -0.116. The van der Waals surface area contributed by atoms with Crippen LogP contribution >= 0.6 is 15.9 Å². The van der Waals surface area contributed by atoms with E-state index >= 15 is 0 Å². The number of rotatable bonds is 10. The first-order valence-corrected chi connectivity index (χ1v) is 10.8. The maximum Gasteiger partial charge on any atom is 0.244 e. The molecule has 0 unspecified atom stereocenters. The number of hydrogen-bond acceptors (Lipinski definition) is 4. The molecule has 0 radical (unpaired) electrons. The zero-order valence-corrected chi connectivity index (χ0v) is 19.3. The topological polar surface area (TPSA) is 65.4 Å². The molecule has 7 heteroatoms. The molecular weight excluding hydrogens is 458 g/mol. The van der Waals surface area contributed by atoms with E-state index in [1.165, 1.54) is 6.08 Å². The molecule has 0 bridgehead atoms. The Bertz CT molecular complexity index is 1050. The maximum absolute atomic E-state index is 12.1. The van der Waals surface area contributed by atoms with Crippen LogP contribution in [0, 0.1) is 6.92 Å². The van der Waals surface area contributed by atoms with Crippen molar-refractivity contribution in [3.8, 4) is 11.5 Å². The van der Waals surface area contributed by atoms with Crippen molar-refractivity contribution >= 4 is 27.9 Å². The van der Waals surface area contributed by atoms with Gasteiger partial charge in [-0.25, -0.2) is 0 Å². The van der Waals surface area contributed by atoms with E-state index in [1.54, 1.807) is 19.4 Å². The first kappa shape index (κ1) is 22.6. The van der Waals surface area contributed by atoms with E-state index in [0.717, 1.165) is 45.6 Å². The predicted octanol–water partition coefficient (Wildman–Crippen LogP) is 4.76. The quantitative estimate of drug-likeness (QED) is 0.333. The molecule has 0 spiro atoms. The molecule has 0 aliphatic rings. The van der Waals surface area contributed by atoms with Gasteiger partial charge >= 0.3 is 0 Å². The van der Waals surface area contributed by atoms with E-state index < -0.39 is 0 Å². The molecule has 3 aromatic rings. The smallest absolute Gasteiger partial charge is 0.244 e. The van der Waals surface area contributed by atoms with Gasteiger partial charge in [-0.05, 0) is 64.7 Å². The summed E-state index contributed by atoms with van der Waals surface area (Å²) in [5.74, 6) is 1.46. The van der Waals surface area contributed by atoms with Crippen molar-refractivity contribution in [2.75, 3.05) is 13.7 Å². The minimum atomic E-state index is -0.129. The maximum atomic E-state index is 12.1. The van der Waals surface area contributed by atoms with Crippen molar-refractivity contribution in [3.63, 3.8) is 0 Å². The van der Waals surface area contributed by atoms with Crippen LogP contribution in [-0.4, -0.2) is 29.3 Å². The van der Waals surface area contributed by atoms with Crippen LogP contribution < -0.4 is 14.8 Å². The lowest BCUT2D eigenvalue weighted by Gasteiger charge is -2.12. The van der Waals surface area contributed by atoms with Crippen molar-refractivity contribution in [2.24, 2.45) is 0 Å². The normalized spacial score (nSPS) is 10.9. The average Bonchev–Trinajstić information content (AvgIpc) is 3.19. The number of carbonyl (C=O) groups is 1. The third-order valence-corrected chi connectivity index (χ3v) is 5.08. The SMILES string of the molecule is COc1ccc(/C=C/C(=O)NCCCn2cc(Br)cn2)cc1COc1ccccc1C. The van der Waals surface area contributed by atoms with Crippen molar-refractivity contribution in [3.05, 3.63) is 82.1 Å². The van der Waals surface area contributed by atoms with E-state index in [0.29, 0.717) is 13.2 Å². The number of aryl methyl sites for hydroxylation is 2. The van der Waals surface area contributed by atoms with Crippen molar-refractivity contribution in [1.29, 1.82) is 0 Å². The third kappa shape index (κ3) is 7.00. The summed E-state index contributed by atoms with van der Waals surface area (Å²) in [6.07, 6.45) is 7.79. The highest BCUT2D eigenvalue weighted by molar-refractivity contribution is 9.10. The molecule has 0 aliphatic carbocycles. The van der Waals surface area contributed by atoms with Crippen molar-refractivity contribution < 1.29 is 14.3 Å². The van der Waals surface area contributed by atoms with Gasteiger partial charge in [0.25, 0.3) is 0 Å². The molecule has 1 amide bonds. The molecule has 6 nitrogen and oxygen atoms in total. The second-order valence-electron chi connectivity index (χ2n) is 7.02. The zero-order valence-electron chi connectivity index (χ0n) is 17.7. The van der Waals surface area contributed by atoms with Crippen LogP contribution in [0.5, 0.6) is 11.5 Å². The molecule has 0 fully saturated rings. The van der Waals surface area contributed by atoms with Gasteiger partial charge in [-0.1, -0.05) is 24.3 Å². The Hall–Kier alpha value is -3.06. The first-order valence-electron chi connectivity index (χ1n) is 10.0. The van der Waals surface area contributed by atoms with Crippen LogP contribution in [0.2, 0.25) is 0 Å². The molecule has 1 N–H and O–H groups in total. The monoisotopic (exact) mass is 483 g/mol. The van der Waals surface area contributed by atoms with Crippen molar-refractivity contribution in [2.45, 2.75) is 26.5 Å². The number of hydrogen-bond donors (Lipinski definition) is 1. The predicted molar refractivity (Wildman–Crippen MR) is 125 cm³/mol. The lowest BCUT2D eigenvalue weighted by atomic mass is 10.1. The standard InChI is InChI=1S/C24H26BrN3O3/c1-18-6-3-4-7-22(18)31-17-20-14-19(8-10-23(20)30-2)9-11-24(29)26-12-5-13-28-16-21(25)15-27-28/h3-4,6-11,14-16H,5,12-13,17H2,1-2H3,(H,26,29)/b11-9+. The number of amides is 1. The Morgan fingerprint density at radius 2 is 2.06 bits per heavy atom. The Morgan fingerprint density at radius 1 is 1.23 bits per heavy atom. The first-order chi connectivity index (χ1) is 15.0. The van der Waals surface area contributed by atoms with E-state index in [-0.39, 0.29) is 5.91 Å². The highest BCUT2D eigenvalue weighted by Gasteiger charge is 2.06. The van der Waals surface area contributed by atoms with Crippen LogP contribution in [0.1, 0.15) is 23.1 Å². The summed E-state index contributed by atoms with van der Waals surface area (Å²) in [5, 5.41) is 7.08. The Morgan fingerprint density at radius 3 is 2.81 bits per heavy atom. The molecule has 1 heterocycles. The number of methoxy groups -OCH3 is 1. The van der Waals surface area contributed by atoms with Gasteiger partial charge in [0, 0.05) is 30.9 Å². The second-order valence-corrected chi connectivity index (χ2v) is 7.94. The van der Waals surface area contributed by atoms with E-state index in [4.69, 9.17) is 9.47 Å². The van der Waals surface area contributed by atoms with Crippen LogP contribution in [-0.2, 0) is 17.9 Å². The average molecular weight is 484 g/mol. The number of ether oxygens (including phenoxy) is 2. The lowest BCUT2D eigenvalue weighted by Crippen LogP contribution is -2.23. The molecule has 162 valence electrons. The fourth-order valence-corrected chi connectivity index (χ4v) is 3.36. The van der Waals surface area contributed by atoms with Gasteiger partial charge in [-0.3, -0.25) is 9.48 Å². The summed E-state index contributed by atoms with van der Waals surface area (Å²) in [5.41, 5.74) is 2.90. The molecule has 3 rings (SSSR count). The Balaban J connectivity index is 1.52. The molecule has 0 atom stereocenters. The molecule has 0 saturated heterocycles. The Kier molecular flexibility index (Phi) is 8.29. The van der Waals surface area contributed by atoms with Gasteiger partial charge in [0.2, 0.25) is 5.91 Å². The summed E-state index contributed by atoms with van der Waals surface area (Å²) in [6.45, 7) is 3.72. The van der Waals surface area contributed by atoms with Gasteiger partial charge in [0.05, 0.1) is 17.8 Å². The van der Waals surface area contributed by atoms with E-state index in [9.17, 15) is 4.79 Å². The second kappa shape index (κ2) is 11.4. The molecule has 0 saturated carbocycles. The van der Waals surface area contributed by atoms with Gasteiger partial charge in [-0.2, -0.15) is 5.10 Å². The van der Waals surface area contributed by atoms with E-state index in [2.05, 4.69) is 26.3 Å². The van der Waals surface area contributed by atoms with Crippen molar-refractivity contribution in [1.82, 2.24) is 15.1 Å². The number of nitrogens with zero attached hydrogens (tertiary/aromatic N) is 2. The number of halogens is 1. The minimum absolute atomic E-state index is 0.129.